The van der Waals surface area contributed by atoms with E-state index in [1.807, 2.05) is 6.08 Å². The summed E-state index contributed by atoms with van der Waals surface area (Å²) in [5, 5.41) is 54.2. The second-order valence-corrected chi connectivity index (χ2v) is 16.9. The normalized spacial score (nSPS) is 21.1. The Morgan fingerprint density at radius 2 is 0.982 bits per heavy atom. The van der Waals surface area contributed by atoms with Crippen LogP contribution in [-0.2, 0) is 14.3 Å². The summed E-state index contributed by atoms with van der Waals surface area (Å²) in [5.41, 5.74) is 0. The van der Waals surface area contributed by atoms with Gasteiger partial charge in [-0.3, -0.25) is 4.79 Å². The summed E-state index contributed by atoms with van der Waals surface area (Å²) in [6, 6.07) is -0.806. The first-order valence-electron chi connectivity index (χ1n) is 24.1. The van der Waals surface area contributed by atoms with Crippen molar-refractivity contribution in [2.24, 2.45) is 0 Å². The number of hydrogen-bond acceptors (Lipinski definition) is 8. The highest BCUT2D eigenvalue weighted by Crippen LogP contribution is 2.23. The third kappa shape index (κ3) is 29.5. The van der Waals surface area contributed by atoms with Crippen molar-refractivity contribution < 1.29 is 39.8 Å². The molecule has 1 saturated heterocycles. The molecule has 0 aromatic heterocycles. The Labute approximate surface area is 349 Å². The zero-order valence-electron chi connectivity index (χ0n) is 36.9. The molecule has 0 aliphatic carbocycles. The third-order valence-corrected chi connectivity index (χ3v) is 11.5. The lowest BCUT2D eigenvalue weighted by Crippen LogP contribution is -2.60. The number of hydrogen-bond donors (Lipinski definition) is 6. The highest BCUT2D eigenvalue weighted by atomic mass is 16.7. The highest BCUT2D eigenvalue weighted by molar-refractivity contribution is 5.76. The maximum atomic E-state index is 13.0. The van der Waals surface area contributed by atoms with Gasteiger partial charge in [-0.1, -0.05) is 192 Å². The lowest BCUT2D eigenvalue weighted by molar-refractivity contribution is -0.302. The van der Waals surface area contributed by atoms with E-state index in [4.69, 9.17) is 9.47 Å². The summed E-state index contributed by atoms with van der Waals surface area (Å²) in [7, 11) is 0. The van der Waals surface area contributed by atoms with Gasteiger partial charge in [0.25, 0.3) is 0 Å². The van der Waals surface area contributed by atoms with Crippen LogP contribution in [0, 0.1) is 0 Å². The molecule has 0 spiro atoms. The molecular formula is C48H91NO8. The van der Waals surface area contributed by atoms with Gasteiger partial charge < -0.3 is 40.3 Å². The first-order valence-corrected chi connectivity index (χ1v) is 24.1. The number of amides is 1. The molecule has 1 heterocycles. The Morgan fingerprint density at radius 3 is 1.42 bits per heavy atom. The molecule has 57 heavy (non-hydrogen) atoms. The van der Waals surface area contributed by atoms with Crippen LogP contribution in [0.5, 0.6) is 0 Å². The largest absolute Gasteiger partial charge is 0.394 e. The number of aliphatic hydroxyl groups is 5. The number of carbonyl (C=O) groups excluding carboxylic acids is 1. The highest BCUT2D eigenvalue weighted by Gasteiger charge is 2.44. The van der Waals surface area contributed by atoms with Gasteiger partial charge in [0.2, 0.25) is 5.91 Å². The van der Waals surface area contributed by atoms with Crippen molar-refractivity contribution >= 4 is 5.91 Å². The summed E-state index contributed by atoms with van der Waals surface area (Å²) in [5.74, 6) is -0.184. The van der Waals surface area contributed by atoms with E-state index in [1.165, 1.54) is 141 Å². The van der Waals surface area contributed by atoms with Crippen LogP contribution in [0.4, 0.5) is 0 Å². The van der Waals surface area contributed by atoms with E-state index in [9.17, 15) is 30.3 Å². The zero-order valence-corrected chi connectivity index (χ0v) is 36.9. The van der Waals surface area contributed by atoms with Gasteiger partial charge in [-0.15, -0.1) is 0 Å². The molecule has 0 aromatic rings. The fourth-order valence-corrected chi connectivity index (χ4v) is 7.62. The topological polar surface area (TPSA) is 149 Å². The van der Waals surface area contributed by atoms with Crippen LogP contribution < -0.4 is 5.32 Å². The van der Waals surface area contributed by atoms with Crippen LogP contribution in [0.25, 0.3) is 0 Å². The molecule has 7 atom stereocenters. The molecule has 1 aliphatic heterocycles. The van der Waals surface area contributed by atoms with Crippen molar-refractivity contribution in [1.82, 2.24) is 5.32 Å². The van der Waals surface area contributed by atoms with Gasteiger partial charge in [-0.2, -0.15) is 0 Å². The lowest BCUT2D eigenvalue weighted by atomic mass is 9.99. The van der Waals surface area contributed by atoms with E-state index in [1.54, 1.807) is 6.08 Å². The minimum Gasteiger partial charge on any atom is -0.394 e. The number of ether oxygens (including phenoxy) is 2. The van der Waals surface area contributed by atoms with Crippen molar-refractivity contribution in [1.29, 1.82) is 0 Å². The van der Waals surface area contributed by atoms with E-state index in [-0.39, 0.29) is 12.5 Å². The Morgan fingerprint density at radius 1 is 0.579 bits per heavy atom. The number of aliphatic hydroxyl groups excluding tert-OH is 5. The quantitative estimate of drug-likeness (QED) is 0.0265. The SMILES string of the molecule is CCCCCCCCC/C=C\CCCCCCCC(=O)NC(COC1OC(CO)C(O)C(O)C1O)C(O)/C=C/CCCCCCCCCCCCCCCCCC. The van der Waals surface area contributed by atoms with Crippen molar-refractivity contribution in [3.63, 3.8) is 0 Å². The van der Waals surface area contributed by atoms with Crippen LogP contribution in [0.3, 0.4) is 0 Å². The number of unbranched alkanes of at least 4 members (excludes halogenated alkanes) is 28. The molecule has 6 N–H and O–H groups in total. The molecule has 0 radical (unpaired) electrons. The van der Waals surface area contributed by atoms with Gasteiger partial charge in [0.05, 0.1) is 25.4 Å². The van der Waals surface area contributed by atoms with E-state index in [0.29, 0.717) is 6.42 Å². The Balaban J connectivity index is 2.34. The minimum absolute atomic E-state index is 0.184. The average molecular weight is 810 g/mol. The predicted octanol–water partition coefficient (Wildman–Crippen LogP) is 10.3. The molecule has 1 fully saturated rings. The third-order valence-electron chi connectivity index (χ3n) is 11.5. The minimum atomic E-state index is -1.57. The summed E-state index contributed by atoms with van der Waals surface area (Å²) < 4.78 is 11.2. The number of allylic oxidation sites excluding steroid dienone is 3. The molecule has 0 aromatic carbocycles. The van der Waals surface area contributed by atoms with Gasteiger partial charge in [0.1, 0.15) is 24.4 Å². The van der Waals surface area contributed by atoms with Crippen molar-refractivity contribution in [2.75, 3.05) is 13.2 Å². The molecule has 0 saturated carbocycles. The molecule has 9 heteroatoms. The molecule has 336 valence electrons. The van der Waals surface area contributed by atoms with Gasteiger partial charge in [0.15, 0.2) is 6.29 Å². The summed E-state index contributed by atoms with van der Waals surface area (Å²) in [4.78, 5) is 13.0. The first kappa shape index (κ1) is 53.7. The number of nitrogens with one attached hydrogen (secondary N) is 1. The van der Waals surface area contributed by atoms with E-state index in [0.717, 1.165) is 57.8 Å². The van der Waals surface area contributed by atoms with Crippen LogP contribution in [0.2, 0.25) is 0 Å². The first-order chi connectivity index (χ1) is 27.8. The smallest absolute Gasteiger partial charge is 0.220 e. The fourth-order valence-electron chi connectivity index (χ4n) is 7.62. The Hall–Kier alpha value is -1.33. The molecule has 1 amide bonds. The molecular weight excluding hydrogens is 719 g/mol. The molecule has 0 bridgehead atoms. The van der Waals surface area contributed by atoms with E-state index < -0.39 is 49.5 Å². The maximum Gasteiger partial charge on any atom is 0.220 e. The monoisotopic (exact) mass is 810 g/mol. The predicted molar refractivity (Wildman–Crippen MR) is 235 cm³/mol. The van der Waals surface area contributed by atoms with Gasteiger partial charge >= 0.3 is 0 Å². The van der Waals surface area contributed by atoms with E-state index in [2.05, 4.69) is 31.3 Å². The van der Waals surface area contributed by atoms with Crippen LogP contribution in [-0.4, -0.2) is 87.5 Å². The zero-order chi connectivity index (χ0) is 41.6. The number of rotatable bonds is 40. The Bertz CT molecular complexity index is 945. The standard InChI is InChI=1S/C48H91NO8/c1-3-5-7-9-11-13-15-17-19-21-22-23-25-27-29-31-33-35-37-42(51)41(40-56-48-47(55)46(54)45(53)43(39-50)57-48)49-44(52)38-36-34-32-30-28-26-24-20-18-16-14-12-10-8-6-4-2/h20,24,35,37,41-43,45-48,50-51,53-55H,3-19,21-23,25-34,36,38-40H2,1-2H3,(H,49,52)/b24-20-,37-35+. The average Bonchev–Trinajstić information content (AvgIpc) is 3.21. The number of carbonyl (C=O) groups is 1. The molecule has 1 aliphatic rings. The Kier molecular flexibility index (Phi) is 36.6. The second-order valence-electron chi connectivity index (χ2n) is 16.9. The molecule has 9 nitrogen and oxygen atoms in total. The van der Waals surface area contributed by atoms with Crippen LogP contribution >= 0.6 is 0 Å². The maximum absolute atomic E-state index is 13.0. The van der Waals surface area contributed by atoms with E-state index >= 15 is 0 Å². The van der Waals surface area contributed by atoms with Gasteiger partial charge in [0, 0.05) is 6.42 Å². The van der Waals surface area contributed by atoms with Gasteiger partial charge in [-0.05, 0) is 44.9 Å². The van der Waals surface area contributed by atoms with Gasteiger partial charge in [-0.25, -0.2) is 0 Å². The van der Waals surface area contributed by atoms with Crippen LogP contribution in [0.15, 0.2) is 24.3 Å². The summed E-state index contributed by atoms with van der Waals surface area (Å²) in [6.45, 7) is 3.77. The summed E-state index contributed by atoms with van der Waals surface area (Å²) in [6.07, 6.45) is 39.3. The molecule has 1 rings (SSSR count). The lowest BCUT2D eigenvalue weighted by Gasteiger charge is -2.40. The fraction of sp³-hybridized carbons (Fsp3) is 0.896. The summed E-state index contributed by atoms with van der Waals surface area (Å²) >= 11 is 0. The van der Waals surface area contributed by atoms with Crippen molar-refractivity contribution in [3.05, 3.63) is 24.3 Å². The second kappa shape index (κ2) is 38.8. The molecule has 7 unspecified atom stereocenters. The van der Waals surface area contributed by atoms with Crippen molar-refractivity contribution in [2.45, 2.75) is 262 Å². The van der Waals surface area contributed by atoms with Crippen molar-refractivity contribution in [3.8, 4) is 0 Å². The van der Waals surface area contributed by atoms with Crippen LogP contribution in [0.1, 0.15) is 219 Å².